The number of carbonyl (C=O) groups is 4. The molecule has 4 atom stereocenters. The molecule has 8 rings (SSSR count). The molecule has 2 fully saturated rings. The molecule has 0 bridgehead atoms. The molecule has 1 aromatic heterocycles. The van der Waals surface area contributed by atoms with Crippen LogP contribution in [0.15, 0.2) is 125 Å². The Hall–Kier alpha value is -6.88. The van der Waals surface area contributed by atoms with E-state index < -0.39 is 36.0 Å². The van der Waals surface area contributed by atoms with Crippen LogP contribution < -0.4 is 10.6 Å². The summed E-state index contributed by atoms with van der Waals surface area (Å²) in [6.45, 7) is 34.9. The van der Waals surface area contributed by atoms with Crippen LogP contribution in [0, 0.1) is 71.0 Å². The molecular weight excluding hydrogens is 983 g/mol. The molecular formula is C68H85N5O6. The van der Waals surface area contributed by atoms with Crippen LogP contribution in [-0.2, 0) is 14.3 Å². The molecule has 4 unspecified atom stereocenters. The van der Waals surface area contributed by atoms with Crippen LogP contribution in [0.2, 0.25) is 0 Å². The first kappa shape index (κ1) is 58.3. The number of hydrogen-bond donors (Lipinski definition) is 3. The number of amidine groups is 2. The zero-order chi connectivity index (χ0) is 57.5. The lowest BCUT2D eigenvalue weighted by Crippen LogP contribution is -2.50. The average molecular weight is 1070 g/mol. The van der Waals surface area contributed by atoms with Gasteiger partial charge < -0.3 is 25.1 Å². The van der Waals surface area contributed by atoms with Gasteiger partial charge in [-0.05, 0) is 107 Å². The third-order valence-electron chi connectivity index (χ3n) is 17.1. The molecule has 3 aliphatic rings. The van der Waals surface area contributed by atoms with Crippen LogP contribution in [0.3, 0.4) is 0 Å². The Kier molecular flexibility index (Phi) is 16.7. The maximum absolute atomic E-state index is 15.8. The first-order valence-electron chi connectivity index (χ1n) is 28.5. The molecule has 11 nitrogen and oxygen atoms in total. The summed E-state index contributed by atoms with van der Waals surface area (Å²) >= 11 is 0. The van der Waals surface area contributed by atoms with Crippen LogP contribution in [0.4, 0.5) is 11.6 Å². The summed E-state index contributed by atoms with van der Waals surface area (Å²) in [7, 11) is 0. The topological polar surface area (TPSA) is 151 Å². The zero-order valence-corrected chi connectivity index (χ0v) is 49.7. The van der Waals surface area contributed by atoms with Gasteiger partial charge in [0.15, 0.2) is 11.7 Å². The first-order chi connectivity index (χ1) is 37.0. The standard InChI is InChI=1S/C68H85N5O6/c1-39-35-47(65(5,6)7)55(48(36-39)66(8,9)10)78-63(76)53-51(43-29-19-17-20-30-43)57(70-59(53)72-61(74)45-33-25-23-27-41(45)3)69-58-52(44-31-21-18-22-32-44)54(60(71-58)73-62(75)46-34-26-24-28-42(46)4)64(77)79-56-49(67(11,12)13)37-40(2)38-50(56)68(14,15)16/h17-34,39-40,47-50,55-56,70H,35-38H2,1-16H3,(H,72,74)(H,69,71,73,75). The Bertz CT molecular complexity index is 3130. The first-order valence-corrected chi connectivity index (χ1v) is 28.5. The van der Waals surface area contributed by atoms with Gasteiger partial charge in [0.2, 0.25) is 0 Å². The van der Waals surface area contributed by atoms with E-state index in [-0.39, 0.29) is 79.8 Å². The quantitative estimate of drug-likeness (QED) is 0.118. The molecule has 0 radical (unpaired) electrons. The van der Waals surface area contributed by atoms with Crippen molar-refractivity contribution in [1.82, 2.24) is 10.3 Å². The highest BCUT2D eigenvalue weighted by molar-refractivity contribution is 6.45. The van der Waals surface area contributed by atoms with Crippen molar-refractivity contribution in [3.05, 3.63) is 148 Å². The molecule has 0 spiro atoms. The summed E-state index contributed by atoms with van der Waals surface area (Å²) in [4.78, 5) is 74.5. The third kappa shape index (κ3) is 12.8. The molecule has 2 heterocycles. The fourth-order valence-electron chi connectivity index (χ4n) is 12.7. The minimum atomic E-state index is -0.634. The number of anilines is 1. The number of benzene rings is 4. The van der Waals surface area contributed by atoms with Gasteiger partial charge in [0, 0.05) is 45.9 Å². The molecule has 4 aromatic carbocycles. The second kappa shape index (κ2) is 22.7. The van der Waals surface area contributed by atoms with Gasteiger partial charge in [-0.3, -0.25) is 9.59 Å². The van der Waals surface area contributed by atoms with Crippen LogP contribution in [0.5, 0.6) is 0 Å². The van der Waals surface area contributed by atoms with E-state index in [1.807, 2.05) is 98.8 Å². The summed E-state index contributed by atoms with van der Waals surface area (Å²) < 4.78 is 14.0. The predicted octanol–water partition coefficient (Wildman–Crippen LogP) is 15.8. The Labute approximate surface area is 470 Å². The number of esters is 2. The molecule has 79 heavy (non-hydrogen) atoms. The van der Waals surface area contributed by atoms with E-state index in [9.17, 15) is 9.59 Å². The molecule has 2 aliphatic carbocycles. The second-order valence-corrected chi connectivity index (χ2v) is 27.3. The number of nitrogens with zero attached hydrogens (tertiary/aromatic N) is 2. The third-order valence-corrected chi connectivity index (χ3v) is 17.1. The summed E-state index contributed by atoms with van der Waals surface area (Å²) in [5.41, 5.74) is 3.57. The molecule has 0 saturated heterocycles. The van der Waals surface area contributed by atoms with Gasteiger partial charge in [0.1, 0.15) is 35.0 Å². The number of H-pyrrole nitrogens is 1. The summed E-state index contributed by atoms with van der Waals surface area (Å²) in [5, 5.41) is 6.15. The van der Waals surface area contributed by atoms with E-state index in [2.05, 4.69) is 113 Å². The van der Waals surface area contributed by atoms with Crippen molar-refractivity contribution in [2.24, 2.45) is 67.2 Å². The van der Waals surface area contributed by atoms with Gasteiger partial charge in [0.05, 0.1) is 0 Å². The van der Waals surface area contributed by atoms with E-state index in [1.165, 1.54) is 0 Å². The lowest BCUT2D eigenvalue weighted by Gasteiger charge is -2.50. The highest BCUT2D eigenvalue weighted by Crippen LogP contribution is 2.52. The van der Waals surface area contributed by atoms with E-state index in [0.717, 1.165) is 36.8 Å². The number of aromatic nitrogens is 1. The maximum Gasteiger partial charge on any atom is 0.343 e. The Morgan fingerprint density at radius 2 is 0.924 bits per heavy atom. The van der Waals surface area contributed by atoms with Crippen molar-refractivity contribution >= 4 is 52.6 Å². The monoisotopic (exact) mass is 1070 g/mol. The lowest BCUT2D eigenvalue weighted by molar-refractivity contribution is -0.164. The van der Waals surface area contributed by atoms with Gasteiger partial charge in [0.25, 0.3) is 11.8 Å². The number of hydrogen-bond acceptors (Lipinski definition) is 7. The maximum atomic E-state index is 15.8. The zero-order valence-electron chi connectivity index (χ0n) is 49.7. The number of aryl methyl sites for hydroxylation is 2. The molecule has 11 heteroatoms. The van der Waals surface area contributed by atoms with E-state index in [0.29, 0.717) is 45.2 Å². The van der Waals surface area contributed by atoms with Crippen molar-refractivity contribution in [2.75, 3.05) is 5.32 Å². The van der Waals surface area contributed by atoms with Crippen molar-refractivity contribution in [2.45, 2.75) is 149 Å². The van der Waals surface area contributed by atoms with Gasteiger partial charge in [-0.15, -0.1) is 0 Å². The molecule has 3 N–H and O–H groups in total. The van der Waals surface area contributed by atoms with Crippen LogP contribution in [0.25, 0.3) is 16.7 Å². The average Bonchev–Trinajstić information content (AvgIpc) is 4.07. The highest BCUT2D eigenvalue weighted by Gasteiger charge is 2.51. The summed E-state index contributed by atoms with van der Waals surface area (Å²) in [6.07, 6.45) is 2.61. The van der Waals surface area contributed by atoms with Gasteiger partial charge in [-0.2, -0.15) is 0 Å². The van der Waals surface area contributed by atoms with Gasteiger partial charge in [-0.25, -0.2) is 19.6 Å². The van der Waals surface area contributed by atoms with E-state index in [4.69, 9.17) is 19.5 Å². The minimum Gasteiger partial charge on any atom is -0.458 e. The van der Waals surface area contributed by atoms with E-state index in [1.54, 1.807) is 24.3 Å². The van der Waals surface area contributed by atoms with Crippen LogP contribution >= 0.6 is 0 Å². The number of ether oxygens (including phenoxy) is 2. The van der Waals surface area contributed by atoms with Crippen molar-refractivity contribution in [3.8, 4) is 11.1 Å². The Morgan fingerprint density at radius 1 is 0.532 bits per heavy atom. The molecule has 2 saturated carbocycles. The number of nitrogens with one attached hydrogen (secondary N) is 3. The predicted molar refractivity (Wildman–Crippen MR) is 320 cm³/mol. The van der Waals surface area contributed by atoms with Crippen molar-refractivity contribution in [1.29, 1.82) is 0 Å². The highest BCUT2D eigenvalue weighted by atomic mass is 16.5. The number of carbonyl (C=O) groups excluding carboxylic acids is 4. The number of rotatable bonds is 10. The number of aliphatic imine (C=N–C) groups is 2. The largest absolute Gasteiger partial charge is 0.458 e. The normalized spacial score (nSPS) is 23.5. The summed E-state index contributed by atoms with van der Waals surface area (Å²) in [5.74, 6) is -0.894. The Balaban J connectivity index is 1.39. The smallest absolute Gasteiger partial charge is 0.343 e. The Morgan fingerprint density at radius 3 is 1.35 bits per heavy atom. The molecule has 5 aromatic rings. The minimum absolute atomic E-state index is 0.0202. The van der Waals surface area contributed by atoms with Crippen molar-refractivity contribution in [3.63, 3.8) is 0 Å². The molecule has 1 aliphatic heterocycles. The van der Waals surface area contributed by atoms with Crippen LogP contribution in [0.1, 0.15) is 170 Å². The SMILES string of the molecule is Cc1ccccc1C(=O)NC1=N/C(=N\c2[nH]c(NC(=O)c3ccccc3C)c(C(=O)OC3C(C(C)(C)C)CC(C)CC3C(C)(C)C)c2-c2ccccc2)C(c2ccccc2)=C1C(=O)OC1C(C(C)(C)C)CC(C)CC1C(C)(C)C. The van der Waals surface area contributed by atoms with E-state index >= 15 is 9.59 Å². The summed E-state index contributed by atoms with van der Waals surface area (Å²) in [6, 6.07) is 33.4. The molecule has 418 valence electrons. The molecule has 2 amide bonds. The fraction of sp³-hybridized carbons (Fsp3) is 0.471. The van der Waals surface area contributed by atoms with Gasteiger partial charge in [-0.1, -0.05) is 194 Å². The number of amides is 2. The number of aromatic amines is 1. The van der Waals surface area contributed by atoms with Crippen molar-refractivity contribution < 1.29 is 28.7 Å². The lowest BCUT2D eigenvalue weighted by atomic mass is 9.59. The second-order valence-electron chi connectivity index (χ2n) is 27.3. The van der Waals surface area contributed by atoms with Crippen LogP contribution in [-0.4, -0.2) is 52.6 Å². The van der Waals surface area contributed by atoms with Gasteiger partial charge >= 0.3 is 11.9 Å². The fourth-order valence-corrected chi connectivity index (χ4v) is 12.7.